The fourth-order valence-electron chi connectivity index (χ4n) is 4.46. The van der Waals surface area contributed by atoms with Gasteiger partial charge in [0, 0.05) is 43.0 Å². The van der Waals surface area contributed by atoms with E-state index < -0.39 is 0 Å². The summed E-state index contributed by atoms with van der Waals surface area (Å²) in [5, 5.41) is 15.4. The number of nitrogens with one attached hydrogen (secondary N) is 3. The van der Waals surface area contributed by atoms with Crippen molar-refractivity contribution < 1.29 is 9.53 Å². The lowest BCUT2D eigenvalue weighted by Crippen LogP contribution is -2.42. The smallest absolute Gasteiger partial charge is 0.246 e. The first-order chi connectivity index (χ1) is 18.9. The molecule has 0 bridgehead atoms. The molecule has 204 valence electrons. The number of para-hydroxylation sites is 1. The summed E-state index contributed by atoms with van der Waals surface area (Å²) in [5.74, 6) is 1.90. The van der Waals surface area contributed by atoms with Crippen LogP contribution in [-0.4, -0.2) is 54.1 Å². The van der Waals surface area contributed by atoms with Crippen molar-refractivity contribution in [3.05, 3.63) is 96.4 Å². The van der Waals surface area contributed by atoms with E-state index in [1.54, 1.807) is 13.0 Å². The van der Waals surface area contributed by atoms with Crippen molar-refractivity contribution in [3.8, 4) is 11.5 Å². The highest BCUT2D eigenvalue weighted by Gasteiger charge is 2.25. The van der Waals surface area contributed by atoms with Gasteiger partial charge in [0.1, 0.15) is 17.3 Å². The maximum absolute atomic E-state index is 12.8. The standard InChI is InChI=1S/C31H38N6O2/c1-3-34-31(36-25-9-8-20-37(21-25)28(38)12-7-19-35-24-15-16-24)29(22(2)32)30(33)23-13-17-27(18-14-23)39-26-10-5-4-6-11-26/h3-7,10-14,17-18,24-25,33,35H,1,8-9,15-16,19-21,32H2,2H3,(H,34,36)/b12-7+,29-22+,33-30?. The van der Waals surface area contributed by atoms with Gasteiger partial charge in [-0.25, -0.2) is 0 Å². The van der Waals surface area contributed by atoms with E-state index in [4.69, 9.17) is 20.9 Å². The van der Waals surface area contributed by atoms with E-state index in [0.717, 1.165) is 18.6 Å². The van der Waals surface area contributed by atoms with Crippen molar-refractivity contribution in [1.29, 1.82) is 5.41 Å². The highest BCUT2D eigenvalue weighted by molar-refractivity contribution is 6.29. The van der Waals surface area contributed by atoms with Gasteiger partial charge >= 0.3 is 0 Å². The van der Waals surface area contributed by atoms with Crippen LogP contribution in [0.25, 0.3) is 0 Å². The summed E-state index contributed by atoms with van der Waals surface area (Å²) < 4.78 is 5.88. The highest BCUT2D eigenvalue weighted by atomic mass is 16.5. The lowest BCUT2D eigenvalue weighted by molar-refractivity contribution is -0.127. The van der Waals surface area contributed by atoms with Gasteiger partial charge in [0.25, 0.3) is 0 Å². The third kappa shape index (κ3) is 8.15. The summed E-state index contributed by atoms with van der Waals surface area (Å²) in [7, 11) is 0. The van der Waals surface area contributed by atoms with Crippen LogP contribution < -0.4 is 21.1 Å². The Morgan fingerprint density at radius 1 is 1.15 bits per heavy atom. The van der Waals surface area contributed by atoms with Crippen LogP contribution in [-0.2, 0) is 4.79 Å². The molecular formula is C31H38N6O2. The number of aliphatic imine (C=N–C) groups is 1. The normalized spacial score (nSPS) is 18.4. The van der Waals surface area contributed by atoms with E-state index in [2.05, 4.69) is 17.2 Å². The molecule has 1 aliphatic carbocycles. The molecule has 2 fully saturated rings. The third-order valence-corrected chi connectivity index (χ3v) is 6.62. The molecule has 1 heterocycles. The molecule has 1 saturated carbocycles. The van der Waals surface area contributed by atoms with Crippen molar-refractivity contribution in [2.45, 2.75) is 44.7 Å². The molecular weight excluding hydrogens is 488 g/mol. The zero-order chi connectivity index (χ0) is 27.6. The number of carbonyl (C=O) groups is 1. The molecule has 0 aromatic heterocycles. The fraction of sp³-hybridized carbons (Fsp3) is 0.323. The van der Waals surface area contributed by atoms with E-state index in [9.17, 15) is 4.79 Å². The minimum absolute atomic E-state index is 0.00190. The van der Waals surface area contributed by atoms with Gasteiger partial charge in [0.15, 0.2) is 0 Å². The molecule has 8 heteroatoms. The van der Waals surface area contributed by atoms with E-state index in [0.29, 0.717) is 54.1 Å². The molecule has 1 atom stereocenters. The van der Waals surface area contributed by atoms with Crippen molar-refractivity contribution in [2.24, 2.45) is 10.7 Å². The number of nitrogens with zero attached hydrogens (tertiary/aromatic N) is 2. The molecule has 2 aromatic rings. The number of rotatable bonds is 11. The number of hydrogen-bond donors (Lipinski definition) is 4. The predicted molar refractivity (Wildman–Crippen MR) is 157 cm³/mol. The van der Waals surface area contributed by atoms with Gasteiger partial charge in [-0.15, -0.1) is 0 Å². The average Bonchev–Trinajstić information content (AvgIpc) is 3.77. The van der Waals surface area contributed by atoms with E-state index in [1.165, 1.54) is 19.0 Å². The molecule has 2 aliphatic rings. The number of hydrogen-bond acceptors (Lipinski definition) is 6. The van der Waals surface area contributed by atoms with Crippen molar-refractivity contribution >= 4 is 17.5 Å². The largest absolute Gasteiger partial charge is 0.457 e. The molecule has 1 unspecified atom stereocenters. The molecule has 0 spiro atoms. The number of carbonyl (C=O) groups excluding carboxylic acids is 1. The van der Waals surface area contributed by atoms with Crippen LogP contribution in [0.2, 0.25) is 0 Å². The van der Waals surface area contributed by atoms with Gasteiger partial charge in [0.05, 0.1) is 17.3 Å². The zero-order valence-corrected chi connectivity index (χ0v) is 22.5. The second kappa shape index (κ2) is 13.6. The number of likely N-dealkylation sites (tertiary alicyclic amines) is 1. The topological polar surface area (TPSA) is 116 Å². The van der Waals surface area contributed by atoms with Gasteiger partial charge < -0.3 is 26.0 Å². The number of allylic oxidation sites excluding steroid dienone is 1. The summed E-state index contributed by atoms with van der Waals surface area (Å²) in [4.78, 5) is 19.5. The maximum Gasteiger partial charge on any atom is 0.246 e. The van der Waals surface area contributed by atoms with Crippen LogP contribution in [0.4, 0.5) is 0 Å². The Morgan fingerprint density at radius 3 is 2.54 bits per heavy atom. The second-order valence-electron chi connectivity index (χ2n) is 9.86. The lowest BCUT2D eigenvalue weighted by Gasteiger charge is -2.31. The molecule has 0 radical (unpaired) electrons. The SMILES string of the molecule is C=CNC(=NC1CCCN(C(=O)/C=C/CNC2CC2)C1)/C(C(=N)c1ccc(Oc2ccccc2)cc1)=C(\C)N. The molecule has 4 rings (SSSR count). The van der Waals surface area contributed by atoms with Crippen LogP contribution in [0.1, 0.15) is 38.2 Å². The third-order valence-electron chi connectivity index (χ3n) is 6.62. The van der Waals surface area contributed by atoms with Gasteiger partial charge in [-0.3, -0.25) is 15.2 Å². The van der Waals surface area contributed by atoms with Gasteiger partial charge in [-0.2, -0.15) is 0 Å². The minimum atomic E-state index is -0.119. The van der Waals surface area contributed by atoms with Gasteiger partial charge in [0.2, 0.25) is 5.91 Å². The number of amidine groups is 1. The fourth-order valence-corrected chi connectivity index (χ4v) is 4.46. The van der Waals surface area contributed by atoms with E-state index in [-0.39, 0.29) is 17.7 Å². The Kier molecular flexibility index (Phi) is 9.69. The first-order valence-corrected chi connectivity index (χ1v) is 13.5. The summed E-state index contributed by atoms with van der Waals surface area (Å²) in [5.41, 5.74) is 8.18. The Labute approximate surface area is 230 Å². The van der Waals surface area contributed by atoms with Crippen molar-refractivity contribution in [2.75, 3.05) is 19.6 Å². The van der Waals surface area contributed by atoms with Crippen LogP contribution >= 0.6 is 0 Å². The summed E-state index contributed by atoms with van der Waals surface area (Å²) in [6, 6.07) is 17.4. The summed E-state index contributed by atoms with van der Waals surface area (Å²) in [6.45, 7) is 7.49. The van der Waals surface area contributed by atoms with Crippen LogP contribution in [0.15, 0.2) is 95.8 Å². The monoisotopic (exact) mass is 526 g/mol. The Hall–Kier alpha value is -4.17. The first-order valence-electron chi connectivity index (χ1n) is 13.5. The molecule has 8 nitrogen and oxygen atoms in total. The highest BCUT2D eigenvalue weighted by Crippen LogP contribution is 2.23. The number of benzene rings is 2. The molecule has 1 saturated heterocycles. The van der Waals surface area contributed by atoms with E-state index in [1.807, 2.05) is 65.6 Å². The number of amides is 1. The molecule has 2 aromatic carbocycles. The summed E-state index contributed by atoms with van der Waals surface area (Å²) >= 11 is 0. The van der Waals surface area contributed by atoms with E-state index >= 15 is 0 Å². The number of piperidine rings is 1. The van der Waals surface area contributed by atoms with Crippen molar-refractivity contribution in [3.63, 3.8) is 0 Å². The van der Waals surface area contributed by atoms with Crippen LogP contribution in [0, 0.1) is 5.41 Å². The van der Waals surface area contributed by atoms with Gasteiger partial charge in [-0.1, -0.05) is 30.9 Å². The maximum atomic E-state index is 12.8. The molecule has 5 N–H and O–H groups in total. The Balaban J connectivity index is 1.45. The summed E-state index contributed by atoms with van der Waals surface area (Å²) in [6.07, 6.45) is 9.23. The quantitative estimate of drug-likeness (QED) is 0.195. The number of nitrogens with two attached hydrogens (primary N) is 1. The lowest BCUT2D eigenvalue weighted by atomic mass is 9.99. The first kappa shape index (κ1) is 27.9. The number of ether oxygens (including phenoxy) is 1. The minimum Gasteiger partial charge on any atom is -0.457 e. The van der Waals surface area contributed by atoms with Crippen LogP contribution in [0.5, 0.6) is 11.5 Å². The molecule has 1 aliphatic heterocycles. The van der Waals surface area contributed by atoms with Gasteiger partial charge in [-0.05, 0) is 75.2 Å². The Bertz CT molecular complexity index is 1240. The van der Waals surface area contributed by atoms with Crippen LogP contribution in [0.3, 0.4) is 0 Å². The molecule has 39 heavy (non-hydrogen) atoms. The predicted octanol–water partition coefficient (Wildman–Crippen LogP) is 4.51. The average molecular weight is 527 g/mol. The molecule has 1 amide bonds. The second-order valence-corrected chi connectivity index (χ2v) is 9.86. The Morgan fingerprint density at radius 2 is 1.87 bits per heavy atom. The van der Waals surface area contributed by atoms with Crippen molar-refractivity contribution in [1.82, 2.24) is 15.5 Å². The zero-order valence-electron chi connectivity index (χ0n) is 22.5.